The molecule has 0 spiro atoms. The van der Waals surface area contributed by atoms with Crippen LogP contribution in [0.15, 0.2) is 0 Å². The molecule has 3 aliphatic rings. The summed E-state index contributed by atoms with van der Waals surface area (Å²) < 4.78 is 0. The van der Waals surface area contributed by atoms with Gasteiger partial charge in [-0.3, -0.25) is 9.59 Å². The molecule has 5 nitrogen and oxygen atoms in total. The van der Waals surface area contributed by atoms with Gasteiger partial charge in [-0.05, 0) is 38.5 Å². The molecule has 1 N–H and O–H groups in total. The molecule has 0 radical (unpaired) electrons. The molecule has 0 aromatic carbocycles. The summed E-state index contributed by atoms with van der Waals surface area (Å²) in [7, 11) is 0. The van der Waals surface area contributed by atoms with E-state index in [4.69, 9.17) is 0 Å². The monoisotopic (exact) mass is 336 g/mol. The minimum absolute atomic E-state index is 0.0350. The summed E-state index contributed by atoms with van der Waals surface area (Å²) in [5, 5.41) is 10.5. The van der Waals surface area contributed by atoms with E-state index in [-0.39, 0.29) is 24.2 Å². The molecule has 1 saturated carbocycles. The lowest BCUT2D eigenvalue weighted by atomic mass is 9.93. The Morgan fingerprint density at radius 1 is 0.875 bits per heavy atom. The van der Waals surface area contributed by atoms with Crippen LogP contribution in [0, 0.1) is 5.92 Å². The summed E-state index contributed by atoms with van der Waals surface area (Å²) in [5.41, 5.74) is -0.793. The number of carbonyl (C=O) groups is 2. The van der Waals surface area contributed by atoms with Gasteiger partial charge in [0.1, 0.15) is 0 Å². The number of amides is 2. The van der Waals surface area contributed by atoms with E-state index in [1.807, 2.05) is 9.80 Å². The molecular formula is C19H32N2O3. The second kappa shape index (κ2) is 7.85. The molecule has 0 aromatic heterocycles. The maximum atomic E-state index is 12.8. The first-order valence-corrected chi connectivity index (χ1v) is 9.86. The van der Waals surface area contributed by atoms with Gasteiger partial charge in [-0.2, -0.15) is 0 Å². The normalized spacial score (nSPS) is 27.8. The van der Waals surface area contributed by atoms with Crippen molar-refractivity contribution in [3.8, 4) is 0 Å². The molecule has 2 heterocycles. The highest BCUT2D eigenvalue weighted by Crippen LogP contribution is 2.33. The lowest BCUT2D eigenvalue weighted by molar-refractivity contribution is -0.143. The fourth-order valence-electron chi connectivity index (χ4n) is 4.56. The molecule has 24 heavy (non-hydrogen) atoms. The van der Waals surface area contributed by atoms with E-state index >= 15 is 0 Å². The van der Waals surface area contributed by atoms with E-state index in [9.17, 15) is 14.7 Å². The van der Waals surface area contributed by atoms with E-state index in [0.717, 1.165) is 71.0 Å². The van der Waals surface area contributed by atoms with E-state index in [2.05, 4.69) is 0 Å². The van der Waals surface area contributed by atoms with Gasteiger partial charge in [0.25, 0.3) is 0 Å². The smallest absolute Gasteiger partial charge is 0.227 e. The van der Waals surface area contributed by atoms with Crippen LogP contribution < -0.4 is 0 Å². The predicted molar refractivity (Wildman–Crippen MR) is 92.4 cm³/mol. The van der Waals surface area contributed by atoms with Crippen LogP contribution in [0.5, 0.6) is 0 Å². The minimum Gasteiger partial charge on any atom is -0.389 e. The molecule has 1 aliphatic carbocycles. The average Bonchev–Trinajstić information content (AvgIpc) is 2.85. The van der Waals surface area contributed by atoms with Crippen LogP contribution in [0.4, 0.5) is 0 Å². The van der Waals surface area contributed by atoms with Crippen molar-refractivity contribution in [2.24, 2.45) is 5.92 Å². The Morgan fingerprint density at radius 2 is 1.50 bits per heavy atom. The third-order valence-electron chi connectivity index (χ3n) is 6.06. The highest BCUT2D eigenvalue weighted by molar-refractivity contribution is 5.82. The Bertz CT molecular complexity index is 452. The van der Waals surface area contributed by atoms with Crippen LogP contribution in [-0.4, -0.2) is 58.5 Å². The van der Waals surface area contributed by atoms with Crippen molar-refractivity contribution >= 4 is 11.8 Å². The fraction of sp³-hybridized carbons (Fsp3) is 0.895. The Morgan fingerprint density at radius 3 is 2.17 bits per heavy atom. The number of piperidine rings is 1. The molecule has 3 fully saturated rings. The topological polar surface area (TPSA) is 60.9 Å². The number of nitrogens with zero attached hydrogens (tertiary/aromatic N) is 2. The van der Waals surface area contributed by atoms with E-state index < -0.39 is 5.60 Å². The molecule has 136 valence electrons. The molecule has 1 atom stereocenters. The van der Waals surface area contributed by atoms with Crippen LogP contribution in [0.25, 0.3) is 0 Å². The first kappa shape index (κ1) is 17.7. The van der Waals surface area contributed by atoms with Gasteiger partial charge in [-0.15, -0.1) is 0 Å². The number of aliphatic hydroxyl groups is 1. The molecule has 5 heteroatoms. The number of hydrogen-bond donors (Lipinski definition) is 1. The summed E-state index contributed by atoms with van der Waals surface area (Å²) in [4.78, 5) is 29.3. The summed E-state index contributed by atoms with van der Waals surface area (Å²) in [6.07, 6.45) is 10.2. The summed E-state index contributed by atoms with van der Waals surface area (Å²) >= 11 is 0. The number of likely N-dealkylation sites (tertiary alicyclic amines) is 2. The summed E-state index contributed by atoms with van der Waals surface area (Å²) in [5.74, 6) is 0.237. The highest BCUT2D eigenvalue weighted by atomic mass is 16.3. The molecule has 3 rings (SSSR count). The van der Waals surface area contributed by atoms with E-state index in [0.29, 0.717) is 6.54 Å². The molecule has 0 bridgehead atoms. The van der Waals surface area contributed by atoms with Crippen molar-refractivity contribution in [2.75, 3.05) is 26.2 Å². The SMILES string of the molecule is O=C(CC1(O)CCCC1)N1CCC[C@H](C(=O)N2CCCCCC2)C1. The van der Waals surface area contributed by atoms with Crippen molar-refractivity contribution in [3.63, 3.8) is 0 Å². The molecule has 2 aliphatic heterocycles. The Labute approximate surface area is 145 Å². The van der Waals surface area contributed by atoms with Gasteiger partial charge in [0.05, 0.1) is 17.9 Å². The second-order valence-corrected chi connectivity index (χ2v) is 8.03. The quantitative estimate of drug-likeness (QED) is 0.860. The second-order valence-electron chi connectivity index (χ2n) is 8.03. The lowest BCUT2D eigenvalue weighted by Gasteiger charge is -2.36. The van der Waals surface area contributed by atoms with Gasteiger partial charge < -0.3 is 14.9 Å². The lowest BCUT2D eigenvalue weighted by Crippen LogP contribution is -2.48. The largest absolute Gasteiger partial charge is 0.389 e. The van der Waals surface area contributed by atoms with Gasteiger partial charge in [0.15, 0.2) is 0 Å². The molecule has 0 unspecified atom stereocenters. The maximum absolute atomic E-state index is 12.8. The Balaban J connectivity index is 1.55. The standard InChI is InChI=1S/C19H32N2O3/c22-17(14-19(24)9-3-4-10-19)21-13-7-8-16(15-21)18(23)20-11-5-1-2-6-12-20/h16,24H,1-15H2/t16-/m0/s1. The third-order valence-corrected chi connectivity index (χ3v) is 6.06. The van der Waals surface area contributed by atoms with Crippen LogP contribution in [0.3, 0.4) is 0 Å². The molecular weight excluding hydrogens is 304 g/mol. The molecule has 2 amide bonds. The number of carbonyl (C=O) groups excluding carboxylic acids is 2. The van der Waals surface area contributed by atoms with Gasteiger partial charge >= 0.3 is 0 Å². The first-order valence-electron chi connectivity index (χ1n) is 9.86. The van der Waals surface area contributed by atoms with E-state index in [1.165, 1.54) is 12.8 Å². The zero-order valence-corrected chi connectivity index (χ0v) is 14.8. The van der Waals surface area contributed by atoms with Crippen molar-refractivity contribution in [1.82, 2.24) is 9.80 Å². The Hall–Kier alpha value is -1.10. The highest BCUT2D eigenvalue weighted by Gasteiger charge is 2.37. The van der Waals surface area contributed by atoms with Crippen molar-refractivity contribution < 1.29 is 14.7 Å². The fourth-order valence-corrected chi connectivity index (χ4v) is 4.56. The van der Waals surface area contributed by atoms with Crippen LogP contribution >= 0.6 is 0 Å². The zero-order valence-electron chi connectivity index (χ0n) is 14.8. The number of rotatable bonds is 3. The summed E-state index contributed by atoms with van der Waals surface area (Å²) in [6.45, 7) is 3.04. The molecule has 0 aromatic rings. The predicted octanol–water partition coefficient (Wildman–Crippen LogP) is 2.32. The first-order chi connectivity index (χ1) is 11.6. The van der Waals surface area contributed by atoms with Crippen molar-refractivity contribution in [2.45, 2.75) is 76.2 Å². The zero-order chi connectivity index (χ0) is 17.0. The Kier molecular flexibility index (Phi) is 5.80. The van der Waals surface area contributed by atoms with Gasteiger partial charge in [-0.25, -0.2) is 0 Å². The number of hydrogen-bond acceptors (Lipinski definition) is 3. The van der Waals surface area contributed by atoms with Crippen LogP contribution in [-0.2, 0) is 9.59 Å². The van der Waals surface area contributed by atoms with Gasteiger partial charge in [0, 0.05) is 26.2 Å². The molecule has 2 saturated heterocycles. The summed E-state index contributed by atoms with van der Waals surface area (Å²) in [6, 6.07) is 0. The van der Waals surface area contributed by atoms with Gasteiger partial charge in [-0.1, -0.05) is 25.7 Å². The van der Waals surface area contributed by atoms with Gasteiger partial charge in [0.2, 0.25) is 11.8 Å². The van der Waals surface area contributed by atoms with Crippen LogP contribution in [0.1, 0.15) is 70.6 Å². The van der Waals surface area contributed by atoms with Crippen molar-refractivity contribution in [3.05, 3.63) is 0 Å². The maximum Gasteiger partial charge on any atom is 0.227 e. The van der Waals surface area contributed by atoms with E-state index in [1.54, 1.807) is 0 Å². The minimum atomic E-state index is -0.793. The van der Waals surface area contributed by atoms with Crippen LogP contribution in [0.2, 0.25) is 0 Å². The third kappa shape index (κ3) is 4.29. The average molecular weight is 336 g/mol. The van der Waals surface area contributed by atoms with Crippen molar-refractivity contribution in [1.29, 1.82) is 0 Å².